The SMILES string of the molecule is Cc1oc2ccccc2c1C(O)Cc1ccc(F)cc1Br. The van der Waals surface area contributed by atoms with Gasteiger partial charge in [-0.15, -0.1) is 0 Å². The van der Waals surface area contributed by atoms with E-state index in [1.807, 2.05) is 31.2 Å². The highest BCUT2D eigenvalue weighted by molar-refractivity contribution is 9.10. The molecule has 2 nitrogen and oxygen atoms in total. The highest BCUT2D eigenvalue weighted by Gasteiger charge is 2.19. The van der Waals surface area contributed by atoms with Gasteiger partial charge in [-0.25, -0.2) is 4.39 Å². The van der Waals surface area contributed by atoms with Crippen molar-refractivity contribution < 1.29 is 13.9 Å². The molecular formula is C17H14BrFO2. The zero-order chi connectivity index (χ0) is 15.0. The molecule has 0 aliphatic heterocycles. The first-order valence-electron chi connectivity index (χ1n) is 6.66. The van der Waals surface area contributed by atoms with Gasteiger partial charge in [-0.2, -0.15) is 0 Å². The molecule has 0 bridgehead atoms. The van der Waals surface area contributed by atoms with Crippen LogP contribution in [0.3, 0.4) is 0 Å². The molecule has 0 fully saturated rings. The van der Waals surface area contributed by atoms with Crippen LogP contribution in [0.1, 0.15) is 23.0 Å². The Hall–Kier alpha value is -1.65. The van der Waals surface area contributed by atoms with E-state index in [1.165, 1.54) is 12.1 Å². The van der Waals surface area contributed by atoms with Crippen LogP contribution in [0, 0.1) is 12.7 Å². The van der Waals surface area contributed by atoms with Crippen LogP contribution < -0.4 is 0 Å². The Bertz CT molecular complexity index is 795. The van der Waals surface area contributed by atoms with E-state index in [0.29, 0.717) is 16.7 Å². The lowest BCUT2D eigenvalue weighted by Crippen LogP contribution is -2.03. The minimum atomic E-state index is -0.699. The quantitative estimate of drug-likeness (QED) is 0.728. The molecule has 0 spiro atoms. The van der Waals surface area contributed by atoms with Crippen LogP contribution in [-0.4, -0.2) is 5.11 Å². The van der Waals surface area contributed by atoms with Crippen LogP contribution in [0.4, 0.5) is 4.39 Å². The van der Waals surface area contributed by atoms with Gasteiger partial charge in [0.1, 0.15) is 17.2 Å². The number of aliphatic hydroxyl groups excluding tert-OH is 1. The summed E-state index contributed by atoms with van der Waals surface area (Å²) in [5.41, 5.74) is 2.41. The molecular weight excluding hydrogens is 335 g/mol. The Balaban J connectivity index is 1.97. The molecule has 1 atom stereocenters. The monoisotopic (exact) mass is 348 g/mol. The second-order valence-electron chi connectivity index (χ2n) is 5.02. The summed E-state index contributed by atoms with van der Waals surface area (Å²) in [5, 5.41) is 11.5. The van der Waals surface area contributed by atoms with Gasteiger partial charge in [0.15, 0.2) is 0 Å². The van der Waals surface area contributed by atoms with Gasteiger partial charge in [0, 0.05) is 21.8 Å². The van der Waals surface area contributed by atoms with Gasteiger partial charge >= 0.3 is 0 Å². The van der Waals surface area contributed by atoms with E-state index in [1.54, 1.807) is 6.07 Å². The zero-order valence-corrected chi connectivity index (χ0v) is 13.0. The van der Waals surface area contributed by atoms with Crippen LogP contribution in [0.25, 0.3) is 11.0 Å². The van der Waals surface area contributed by atoms with E-state index in [9.17, 15) is 9.50 Å². The van der Waals surface area contributed by atoms with E-state index >= 15 is 0 Å². The molecule has 2 aromatic carbocycles. The smallest absolute Gasteiger partial charge is 0.134 e. The number of hydrogen-bond donors (Lipinski definition) is 1. The van der Waals surface area contributed by atoms with Crippen molar-refractivity contribution >= 4 is 26.9 Å². The van der Waals surface area contributed by atoms with Crippen molar-refractivity contribution in [2.24, 2.45) is 0 Å². The fourth-order valence-corrected chi connectivity index (χ4v) is 3.11. The number of para-hydroxylation sites is 1. The molecule has 0 saturated carbocycles. The van der Waals surface area contributed by atoms with Gasteiger partial charge < -0.3 is 9.52 Å². The van der Waals surface area contributed by atoms with E-state index in [0.717, 1.165) is 22.1 Å². The molecule has 3 aromatic rings. The third-order valence-electron chi connectivity index (χ3n) is 3.58. The fourth-order valence-electron chi connectivity index (χ4n) is 2.60. The molecule has 1 N–H and O–H groups in total. The molecule has 108 valence electrons. The number of halogens is 2. The molecule has 0 aliphatic rings. The predicted octanol–water partition coefficient (Wildman–Crippen LogP) is 4.92. The minimum Gasteiger partial charge on any atom is -0.461 e. The molecule has 21 heavy (non-hydrogen) atoms. The van der Waals surface area contributed by atoms with Crippen molar-refractivity contribution in [3.63, 3.8) is 0 Å². The highest BCUT2D eigenvalue weighted by Crippen LogP contribution is 2.33. The summed E-state index contributed by atoms with van der Waals surface area (Å²) >= 11 is 3.33. The van der Waals surface area contributed by atoms with Gasteiger partial charge in [-0.1, -0.05) is 40.2 Å². The van der Waals surface area contributed by atoms with Gasteiger partial charge in [-0.05, 0) is 30.7 Å². The second kappa shape index (κ2) is 5.62. The molecule has 0 saturated heterocycles. The third kappa shape index (κ3) is 2.74. The first kappa shape index (κ1) is 14.3. The number of furan rings is 1. The molecule has 3 rings (SSSR count). The third-order valence-corrected chi connectivity index (χ3v) is 4.32. The molecule has 0 radical (unpaired) electrons. The van der Waals surface area contributed by atoms with Crippen molar-refractivity contribution in [3.05, 3.63) is 69.6 Å². The lowest BCUT2D eigenvalue weighted by Gasteiger charge is -2.12. The Morgan fingerprint density at radius 3 is 2.76 bits per heavy atom. The zero-order valence-electron chi connectivity index (χ0n) is 11.4. The molecule has 1 unspecified atom stereocenters. The summed E-state index contributed by atoms with van der Waals surface area (Å²) in [6.07, 6.45) is -0.305. The second-order valence-corrected chi connectivity index (χ2v) is 5.88. The van der Waals surface area contributed by atoms with Crippen LogP contribution >= 0.6 is 15.9 Å². The lowest BCUT2D eigenvalue weighted by molar-refractivity contribution is 0.177. The molecule has 4 heteroatoms. The van der Waals surface area contributed by atoms with Crippen LogP contribution in [0.15, 0.2) is 51.4 Å². The first-order valence-corrected chi connectivity index (χ1v) is 7.45. The first-order chi connectivity index (χ1) is 10.1. The summed E-state index contributed by atoms with van der Waals surface area (Å²) in [4.78, 5) is 0. The minimum absolute atomic E-state index is 0.301. The van der Waals surface area contributed by atoms with E-state index < -0.39 is 6.10 Å². The average Bonchev–Trinajstić information content (AvgIpc) is 2.77. The Morgan fingerprint density at radius 2 is 2.00 bits per heavy atom. The molecule has 1 heterocycles. The average molecular weight is 349 g/mol. The van der Waals surface area contributed by atoms with Crippen molar-refractivity contribution in [1.82, 2.24) is 0 Å². The highest BCUT2D eigenvalue weighted by atomic mass is 79.9. The van der Waals surface area contributed by atoms with Gasteiger partial charge in [0.25, 0.3) is 0 Å². The summed E-state index contributed by atoms with van der Waals surface area (Å²) < 4.78 is 19.5. The van der Waals surface area contributed by atoms with Crippen molar-refractivity contribution in [3.8, 4) is 0 Å². The van der Waals surface area contributed by atoms with Gasteiger partial charge in [0.05, 0.1) is 6.10 Å². The van der Waals surface area contributed by atoms with Gasteiger partial charge in [0.2, 0.25) is 0 Å². The number of fused-ring (bicyclic) bond motifs is 1. The number of rotatable bonds is 3. The number of benzene rings is 2. The molecule has 0 aliphatic carbocycles. The summed E-state index contributed by atoms with van der Waals surface area (Å²) in [6.45, 7) is 1.85. The maximum absolute atomic E-state index is 13.1. The summed E-state index contributed by atoms with van der Waals surface area (Å²) in [7, 11) is 0. The van der Waals surface area contributed by atoms with Crippen molar-refractivity contribution in [2.45, 2.75) is 19.4 Å². The maximum atomic E-state index is 13.1. The van der Waals surface area contributed by atoms with Crippen LogP contribution in [0.2, 0.25) is 0 Å². The van der Waals surface area contributed by atoms with E-state index in [2.05, 4.69) is 15.9 Å². The Labute approximate surface area is 130 Å². The Kier molecular flexibility index (Phi) is 3.83. The van der Waals surface area contributed by atoms with E-state index in [-0.39, 0.29) is 5.82 Å². The van der Waals surface area contributed by atoms with Gasteiger partial charge in [-0.3, -0.25) is 0 Å². The summed E-state index contributed by atoms with van der Waals surface area (Å²) in [5.74, 6) is 0.409. The number of aliphatic hydroxyl groups is 1. The molecule has 0 amide bonds. The summed E-state index contributed by atoms with van der Waals surface area (Å²) in [6, 6.07) is 12.1. The number of aryl methyl sites for hydroxylation is 1. The maximum Gasteiger partial charge on any atom is 0.134 e. The largest absolute Gasteiger partial charge is 0.461 e. The van der Waals surface area contributed by atoms with Crippen LogP contribution in [-0.2, 0) is 6.42 Å². The topological polar surface area (TPSA) is 33.4 Å². The normalized spacial score (nSPS) is 12.8. The lowest BCUT2D eigenvalue weighted by atomic mass is 9.99. The van der Waals surface area contributed by atoms with Crippen molar-refractivity contribution in [2.75, 3.05) is 0 Å². The van der Waals surface area contributed by atoms with E-state index in [4.69, 9.17) is 4.42 Å². The Morgan fingerprint density at radius 1 is 1.24 bits per heavy atom. The van der Waals surface area contributed by atoms with Crippen LogP contribution in [0.5, 0.6) is 0 Å². The number of hydrogen-bond acceptors (Lipinski definition) is 2. The molecule has 1 aromatic heterocycles. The van der Waals surface area contributed by atoms with Crippen molar-refractivity contribution in [1.29, 1.82) is 0 Å². The standard InChI is InChI=1S/C17H14BrFO2/c1-10-17(13-4-2-3-5-16(13)21-10)15(20)8-11-6-7-12(19)9-14(11)18/h2-7,9,15,20H,8H2,1H3. The fraction of sp³-hybridized carbons (Fsp3) is 0.176. The predicted molar refractivity (Wildman–Crippen MR) is 83.7 cm³/mol.